The molecule has 1 saturated carbocycles. The molecule has 4 heteroatoms. The monoisotopic (exact) mass is 325 g/mol. The number of halogens is 1. The van der Waals surface area contributed by atoms with Gasteiger partial charge in [0, 0.05) is 16.9 Å². The average Bonchev–Trinajstić information content (AvgIpc) is 2.42. The summed E-state index contributed by atoms with van der Waals surface area (Å²) in [6.45, 7) is 1.82. The first-order chi connectivity index (χ1) is 9.11. The van der Waals surface area contributed by atoms with Crippen LogP contribution in [0.3, 0.4) is 0 Å². The lowest BCUT2D eigenvalue weighted by Crippen LogP contribution is -2.42. The molecule has 0 aromatic heterocycles. The number of rotatable bonds is 3. The molecule has 1 aliphatic carbocycles. The molecule has 19 heavy (non-hydrogen) atoms. The lowest BCUT2D eigenvalue weighted by atomic mass is 9.86. The number of alkyl halides is 1. The predicted octanol–water partition coefficient (Wildman–Crippen LogP) is 3.38. The van der Waals surface area contributed by atoms with Crippen molar-refractivity contribution in [2.45, 2.75) is 38.6 Å². The summed E-state index contributed by atoms with van der Waals surface area (Å²) in [5.74, 6) is 0.596. The van der Waals surface area contributed by atoms with Gasteiger partial charge in [-0.15, -0.1) is 0 Å². The number of phenols is 1. The lowest BCUT2D eigenvalue weighted by Gasteiger charge is -2.31. The predicted molar refractivity (Wildman–Crippen MR) is 79.9 cm³/mol. The quantitative estimate of drug-likeness (QED) is 0.837. The van der Waals surface area contributed by atoms with Gasteiger partial charge in [0.05, 0.1) is 0 Å². The fourth-order valence-electron chi connectivity index (χ4n) is 2.58. The van der Waals surface area contributed by atoms with Gasteiger partial charge in [-0.1, -0.05) is 34.8 Å². The zero-order valence-electron chi connectivity index (χ0n) is 11.2. The van der Waals surface area contributed by atoms with Crippen molar-refractivity contribution in [3.63, 3.8) is 0 Å². The minimum atomic E-state index is -0.0897. The Balaban J connectivity index is 2.05. The molecule has 0 aliphatic heterocycles. The van der Waals surface area contributed by atoms with Crippen molar-refractivity contribution in [2.24, 2.45) is 5.92 Å². The minimum absolute atomic E-state index is 0.0897. The number of hydrogen-bond donors (Lipinski definition) is 2. The van der Waals surface area contributed by atoms with Crippen LogP contribution in [0.4, 0.5) is 0 Å². The molecule has 1 aromatic carbocycles. The van der Waals surface area contributed by atoms with Crippen LogP contribution >= 0.6 is 15.9 Å². The van der Waals surface area contributed by atoms with Crippen molar-refractivity contribution >= 4 is 21.8 Å². The van der Waals surface area contributed by atoms with E-state index in [1.54, 1.807) is 12.1 Å². The number of phenolic OH excluding ortho intramolecular Hbond substituents is 1. The fraction of sp³-hybridized carbons (Fsp3) is 0.533. The molecule has 1 aliphatic rings. The van der Waals surface area contributed by atoms with Crippen molar-refractivity contribution in [1.82, 2.24) is 5.32 Å². The molecule has 2 unspecified atom stereocenters. The van der Waals surface area contributed by atoms with Gasteiger partial charge in [0.2, 0.25) is 0 Å². The van der Waals surface area contributed by atoms with Crippen LogP contribution in [0.15, 0.2) is 18.2 Å². The summed E-state index contributed by atoms with van der Waals surface area (Å²) in [6, 6.07) is 5.31. The minimum Gasteiger partial charge on any atom is -0.508 e. The number of benzene rings is 1. The Morgan fingerprint density at radius 2 is 2.16 bits per heavy atom. The van der Waals surface area contributed by atoms with Crippen molar-refractivity contribution in [3.8, 4) is 5.75 Å². The topological polar surface area (TPSA) is 49.3 Å². The third kappa shape index (κ3) is 3.50. The number of aryl methyl sites for hydroxylation is 1. The Labute approximate surface area is 122 Å². The highest BCUT2D eigenvalue weighted by Crippen LogP contribution is 2.26. The van der Waals surface area contributed by atoms with Gasteiger partial charge in [0.1, 0.15) is 5.75 Å². The van der Waals surface area contributed by atoms with Crippen LogP contribution in [0.2, 0.25) is 0 Å². The number of carbonyl (C=O) groups excluding carboxylic acids is 1. The maximum Gasteiger partial charge on any atom is 0.251 e. The largest absolute Gasteiger partial charge is 0.508 e. The second-order valence-corrected chi connectivity index (χ2v) is 5.93. The SMILES string of the molecule is Cc1ccc(C(=O)NC2CCCCC2CBr)cc1O. The molecule has 104 valence electrons. The van der Waals surface area contributed by atoms with Gasteiger partial charge >= 0.3 is 0 Å². The Hall–Kier alpha value is -1.03. The van der Waals surface area contributed by atoms with E-state index >= 15 is 0 Å². The Morgan fingerprint density at radius 1 is 1.42 bits per heavy atom. The van der Waals surface area contributed by atoms with E-state index < -0.39 is 0 Å². The second-order valence-electron chi connectivity index (χ2n) is 5.28. The highest BCUT2D eigenvalue weighted by Gasteiger charge is 2.25. The molecule has 2 N–H and O–H groups in total. The third-order valence-corrected chi connectivity index (χ3v) is 4.73. The molecule has 3 nitrogen and oxygen atoms in total. The van der Waals surface area contributed by atoms with Crippen LogP contribution in [0, 0.1) is 12.8 Å². The van der Waals surface area contributed by atoms with E-state index in [-0.39, 0.29) is 17.7 Å². The molecule has 0 saturated heterocycles. The van der Waals surface area contributed by atoms with E-state index in [2.05, 4.69) is 21.2 Å². The molecule has 0 bridgehead atoms. The number of carbonyl (C=O) groups is 1. The molecule has 2 rings (SSSR count). The molecule has 0 radical (unpaired) electrons. The Bertz CT molecular complexity index is 461. The van der Waals surface area contributed by atoms with E-state index in [0.717, 1.165) is 23.7 Å². The van der Waals surface area contributed by atoms with Crippen molar-refractivity contribution in [3.05, 3.63) is 29.3 Å². The summed E-state index contributed by atoms with van der Waals surface area (Å²) in [5.41, 5.74) is 1.31. The Morgan fingerprint density at radius 3 is 2.84 bits per heavy atom. The summed E-state index contributed by atoms with van der Waals surface area (Å²) in [4.78, 5) is 12.2. The first kappa shape index (κ1) is 14.4. The summed E-state index contributed by atoms with van der Waals surface area (Å²) in [5, 5.41) is 13.7. The molecule has 1 aromatic rings. The highest BCUT2D eigenvalue weighted by molar-refractivity contribution is 9.09. The summed E-state index contributed by atoms with van der Waals surface area (Å²) >= 11 is 3.53. The van der Waals surface area contributed by atoms with Crippen molar-refractivity contribution in [2.75, 3.05) is 5.33 Å². The third-order valence-electron chi connectivity index (χ3n) is 3.90. The van der Waals surface area contributed by atoms with Crippen LogP contribution in [-0.2, 0) is 0 Å². The average molecular weight is 326 g/mol. The van der Waals surface area contributed by atoms with Gasteiger partial charge < -0.3 is 10.4 Å². The summed E-state index contributed by atoms with van der Waals surface area (Å²) < 4.78 is 0. The first-order valence-electron chi connectivity index (χ1n) is 6.78. The standard InChI is InChI=1S/C15H20BrNO2/c1-10-6-7-11(8-14(10)18)15(19)17-13-5-3-2-4-12(13)9-16/h6-8,12-13,18H,2-5,9H2,1H3,(H,17,19). The highest BCUT2D eigenvalue weighted by atomic mass is 79.9. The van der Waals surface area contributed by atoms with E-state index in [0.29, 0.717) is 11.5 Å². The number of hydrogen-bond acceptors (Lipinski definition) is 2. The smallest absolute Gasteiger partial charge is 0.251 e. The molecular formula is C15H20BrNO2. The van der Waals surface area contributed by atoms with Crippen LogP contribution in [0.25, 0.3) is 0 Å². The molecule has 2 atom stereocenters. The van der Waals surface area contributed by atoms with Gasteiger partial charge in [-0.2, -0.15) is 0 Å². The first-order valence-corrected chi connectivity index (χ1v) is 7.90. The van der Waals surface area contributed by atoms with E-state index in [9.17, 15) is 9.90 Å². The number of nitrogens with one attached hydrogen (secondary N) is 1. The number of aromatic hydroxyl groups is 1. The molecular weight excluding hydrogens is 306 g/mol. The second kappa shape index (κ2) is 6.42. The van der Waals surface area contributed by atoms with E-state index in [1.165, 1.54) is 18.9 Å². The van der Waals surface area contributed by atoms with Crippen LogP contribution in [-0.4, -0.2) is 22.4 Å². The van der Waals surface area contributed by atoms with Crippen LogP contribution in [0.5, 0.6) is 5.75 Å². The van der Waals surface area contributed by atoms with Gasteiger partial charge in [-0.25, -0.2) is 0 Å². The molecule has 1 amide bonds. The summed E-state index contributed by atoms with van der Waals surface area (Å²) in [6.07, 6.45) is 4.62. The normalized spacial score (nSPS) is 23.1. The Kier molecular flexibility index (Phi) is 4.86. The van der Waals surface area contributed by atoms with Crippen molar-refractivity contribution < 1.29 is 9.90 Å². The molecule has 0 heterocycles. The van der Waals surface area contributed by atoms with Gasteiger partial charge in [0.15, 0.2) is 0 Å². The number of amides is 1. The van der Waals surface area contributed by atoms with Crippen LogP contribution in [0.1, 0.15) is 41.6 Å². The zero-order valence-corrected chi connectivity index (χ0v) is 12.7. The van der Waals surface area contributed by atoms with Gasteiger partial charge in [-0.05, 0) is 43.4 Å². The summed E-state index contributed by atoms with van der Waals surface area (Å²) in [7, 11) is 0. The van der Waals surface area contributed by atoms with E-state index in [4.69, 9.17) is 0 Å². The van der Waals surface area contributed by atoms with Gasteiger partial charge in [0.25, 0.3) is 5.91 Å². The maximum atomic E-state index is 12.2. The maximum absolute atomic E-state index is 12.2. The van der Waals surface area contributed by atoms with E-state index in [1.807, 2.05) is 6.92 Å². The lowest BCUT2D eigenvalue weighted by molar-refractivity contribution is 0.0911. The zero-order chi connectivity index (χ0) is 13.8. The molecule has 0 spiro atoms. The fourth-order valence-corrected chi connectivity index (χ4v) is 3.36. The van der Waals surface area contributed by atoms with Gasteiger partial charge in [-0.3, -0.25) is 4.79 Å². The molecule has 1 fully saturated rings. The van der Waals surface area contributed by atoms with Crippen LogP contribution < -0.4 is 5.32 Å². The van der Waals surface area contributed by atoms with Crippen molar-refractivity contribution in [1.29, 1.82) is 0 Å².